The Kier molecular flexibility index (Phi) is 4.69. The van der Waals surface area contributed by atoms with Crippen LogP contribution in [0.5, 0.6) is 0 Å². The third-order valence-electron chi connectivity index (χ3n) is 3.46. The average molecular weight is 322 g/mol. The second-order valence-corrected chi connectivity index (χ2v) is 5.49. The van der Waals surface area contributed by atoms with Gasteiger partial charge in [-0.05, 0) is 35.7 Å². The van der Waals surface area contributed by atoms with Gasteiger partial charge in [0.15, 0.2) is 0 Å². The number of anilines is 1. The molecule has 3 nitrogen and oxygen atoms in total. The van der Waals surface area contributed by atoms with Gasteiger partial charge in [0.1, 0.15) is 11.0 Å². The van der Waals surface area contributed by atoms with E-state index >= 15 is 0 Å². The number of nitrogens with zero attached hydrogens (tertiary/aromatic N) is 2. The molecule has 0 atom stereocenters. The number of nitrogens with one attached hydrogen (secondary N) is 1. The molecule has 4 heteroatoms. The molecule has 0 spiro atoms. The van der Waals surface area contributed by atoms with Crippen molar-refractivity contribution in [3.05, 3.63) is 83.5 Å². The minimum atomic E-state index is 0.440. The smallest absolute Gasteiger partial charge is 0.147 e. The molecule has 0 aliphatic rings. The zero-order valence-electron chi connectivity index (χ0n) is 12.7. The maximum absolute atomic E-state index is 5.85. The topological polar surface area (TPSA) is 37.3 Å². The Labute approximate surface area is 140 Å². The van der Waals surface area contributed by atoms with Gasteiger partial charge in [-0.1, -0.05) is 72.3 Å². The molecule has 1 aromatic heterocycles. The molecule has 0 bridgehead atoms. The minimum absolute atomic E-state index is 0.440. The van der Waals surface area contributed by atoms with Crippen LogP contribution in [-0.4, -0.2) is 10.7 Å². The Morgan fingerprint density at radius 2 is 1.57 bits per heavy atom. The summed E-state index contributed by atoms with van der Waals surface area (Å²) in [5, 5.41) is 4.79. The van der Waals surface area contributed by atoms with Gasteiger partial charge in [0.2, 0.25) is 0 Å². The van der Waals surface area contributed by atoms with E-state index in [2.05, 4.69) is 51.9 Å². The molecule has 0 fully saturated rings. The molecule has 2 aromatic carbocycles. The lowest BCUT2D eigenvalue weighted by Crippen LogP contribution is -2.00. The van der Waals surface area contributed by atoms with Gasteiger partial charge in [0.25, 0.3) is 0 Å². The van der Waals surface area contributed by atoms with E-state index in [4.69, 9.17) is 11.6 Å². The van der Waals surface area contributed by atoms with Crippen molar-refractivity contribution in [3.63, 3.8) is 0 Å². The Hall–Kier alpha value is -2.65. The largest absolute Gasteiger partial charge is 0.261 e. The summed E-state index contributed by atoms with van der Waals surface area (Å²) in [6, 6.07) is 24.0. The highest BCUT2D eigenvalue weighted by molar-refractivity contribution is 6.29. The molecular formula is C19H16ClN3. The summed E-state index contributed by atoms with van der Waals surface area (Å²) in [6.45, 7) is 1.95. The number of hydrazone groups is 1. The summed E-state index contributed by atoms with van der Waals surface area (Å²) in [5.41, 5.74) is 7.25. The van der Waals surface area contributed by atoms with Crippen molar-refractivity contribution < 1.29 is 0 Å². The number of halogens is 1. The second-order valence-electron chi connectivity index (χ2n) is 5.10. The normalized spacial score (nSPS) is 11.3. The number of pyridine rings is 1. The van der Waals surface area contributed by atoms with E-state index in [1.807, 2.05) is 37.3 Å². The Balaban J connectivity index is 1.75. The van der Waals surface area contributed by atoms with Gasteiger partial charge in [0, 0.05) is 0 Å². The first-order chi connectivity index (χ1) is 11.2. The lowest BCUT2D eigenvalue weighted by molar-refractivity contribution is 1.22. The highest BCUT2D eigenvalue weighted by Crippen LogP contribution is 2.19. The van der Waals surface area contributed by atoms with Gasteiger partial charge < -0.3 is 0 Å². The Morgan fingerprint density at radius 1 is 0.870 bits per heavy atom. The molecule has 114 valence electrons. The van der Waals surface area contributed by atoms with Gasteiger partial charge in [0.05, 0.1) is 5.71 Å². The molecule has 1 N–H and O–H groups in total. The van der Waals surface area contributed by atoms with Crippen molar-refractivity contribution in [1.29, 1.82) is 0 Å². The molecule has 0 unspecified atom stereocenters. The van der Waals surface area contributed by atoms with Crippen molar-refractivity contribution in [2.75, 3.05) is 5.43 Å². The van der Waals surface area contributed by atoms with Gasteiger partial charge in [-0.3, -0.25) is 5.43 Å². The summed E-state index contributed by atoms with van der Waals surface area (Å²) < 4.78 is 0. The van der Waals surface area contributed by atoms with Crippen LogP contribution < -0.4 is 5.43 Å². The van der Waals surface area contributed by atoms with Crippen molar-refractivity contribution in [2.24, 2.45) is 5.10 Å². The summed E-state index contributed by atoms with van der Waals surface area (Å²) in [4.78, 5) is 4.14. The van der Waals surface area contributed by atoms with Crippen LogP contribution in [0.4, 0.5) is 5.82 Å². The Morgan fingerprint density at radius 3 is 2.26 bits per heavy atom. The summed E-state index contributed by atoms with van der Waals surface area (Å²) in [6.07, 6.45) is 0. The number of rotatable bonds is 4. The maximum atomic E-state index is 5.85. The fraction of sp³-hybridized carbons (Fsp3) is 0.0526. The van der Waals surface area contributed by atoms with Crippen LogP contribution in [0.1, 0.15) is 12.5 Å². The lowest BCUT2D eigenvalue weighted by Gasteiger charge is -2.05. The van der Waals surface area contributed by atoms with Crippen LogP contribution in [0.3, 0.4) is 0 Å². The van der Waals surface area contributed by atoms with Crippen molar-refractivity contribution in [1.82, 2.24) is 4.98 Å². The number of hydrogen-bond acceptors (Lipinski definition) is 3. The van der Waals surface area contributed by atoms with Gasteiger partial charge >= 0.3 is 0 Å². The first-order valence-electron chi connectivity index (χ1n) is 7.31. The summed E-state index contributed by atoms with van der Waals surface area (Å²) in [5.74, 6) is 0.623. The average Bonchev–Trinajstić information content (AvgIpc) is 2.61. The summed E-state index contributed by atoms with van der Waals surface area (Å²) >= 11 is 5.85. The number of benzene rings is 2. The van der Waals surface area contributed by atoms with Crippen molar-refractivity contribution >= 4 is 23.1 Å². The third-order valence-corrected chi connectivity index (χ3v) is 3.67. The molecule has 0 radical (unpaired) electrons. The molecule has 0 aliphatic heterocycles. The van der Waals surface area contributed by atoms with E-state index in [0.717, 1.165) is 11.3 Å². The molecule has 1 heterocycles. The summed E-state index contributed by atoms with van der Waals surface area (Å²) in [7, 11) is 0. The molecule has 23 heavy (non-hydrogen) atoms. The van der Waals surface area contributed by atoms with E-state index in [0.29, 0.717) is 11.0 Å². The van der Waals surface area contributed by atoms with Gasteiger partial charge in [-0.25, -0.2) is 4.98 Å². The van der Waals surface area contributed by atoms with E-state index in [-0.39, 0.29) is 0 Å². The maximum Gasteiger partial charge on any atom is 0.147 e. The van der Waals surface area contributed by atoms with Crippen LogP contribution in [0, 0.1) is 0 Å². The van der Waals surface area contributed by atoms with Crippen LogP contribution >= 0.6 is 11.6 Å². The van der Waals surface area contributed by atoms with Crippen molar-refractivity contribution in [3.8, 4) is 11.1 Å². The fourth-order valence-corrected chi connectivity index (χ4v) is 2.37. The minimum Gasteiger partial charge on any atom is -0.261 e. The van der Waals surface area contributed by atoms with Crippen LogP contribution in [0.2, 0.25) is 5.15 Å². The highest BCUT2D eigenvalue weighted by Gasteiger charge is 2.01. The lowest BCUT2D eigenvalue weighted by atomic mass is 10.0. The van der Waals surface area contributed by atoms with Crippen LogP contribution in [0.25, 0.3) is 11.1 Å². The second kappa shape index (κ2) is 7.07. The van der Waals surface area contributed by atoms with E-state index < -0.39 is 0 Å². The van der Waals surface area contributed by atoms with E-state index in [1.165, 1.54) is 11.1 Å². The van der Waals surface area contributed by atoms with Crippen molar-refractivity contribution in [2.45, 2.75) is 6.92 Å². The molecule has 0 saturated carbocycles. The molecule has 0 aliphatic carbocycles. The standard InChI is InChI=1S/C19H16ClN3/c1-14(22-23-19-9-5-8-18(20)21-19)15-10-12-17(13-11-15)16-6-3-2-4-7-16/h2-13H,1H3,(H,21,23)/b22-14+. The molecular weight excluding hydrogens is 306 g/mol. The zero-order valence-corrected chi connectivity index (χ0v) is 13.5. The SMILES string of the molecule is C/C(=N\Nc1cccc(Cl)n1)c1ccc(-c2ccccc2)cc1. The van der Waals surface area contributed by atoms with Crippen LogP contribution in [-0.2, 0) is 0 Å². The van der Waals surface area contributed by atoms with Crippen LogP contribution in [0.15, 0.2) is 77.9 Å². The highest BCUT2D eigenvalue weighted by atomic mass is 35.5. The quantitative estimate of drug-likeness (QED) is 0.405. The van der Waals surface area contributed by atoms with E-state index in [9.17, 15) is 0 Å². The number of aromatic nitrogens is 1. The predicted molar refractivity (Wildman–Crippen MR) is 97.0 cm³/mol. The van der Waals surface area contributed by atoms with Gasteiger partial charge in [-0.15, -0.1) is 0 Å². The number of hydrogen-bond donors (Lipinski definition) is 1. The monoisotopic (exact) mass is 321 g/mol. The molecule has 3 aromatic rings. The third kappa shape index (κ3) is 3.96. The predicted octanol–water partition coefficient (Wildman–Crippen LogP) is 5.24. The van der Waals surface area contributed by atoms with E-state index in [1.54, 1.807) is 6.07 Å². The molecule has 0 amide bonds. The Bertz CT molecular complexity index is 812. The molecule has 3 rings (SSSR count). The molecule has 0 saturated heterocycles. The first-order valence-corrected chi connectivity index (χ1v) is 7.69. The zero-order chi connectivity index (χ0) is 16.1. The van der Waals surface area contributed by atoms with Gasteiger partial charge in [-0.2, -0.15) is 5.10 Å². The first kappa shape index (κ1) is 15.3. The fourth-order valence-electron chi connectivity index (χ4n) is 2.21.